The third-order valence-corrected chi connectivity index (χ3v) is 11.2. The predicted octanol–water partition coefficient (Wildman–Crippen LogP) is 14.2. The maximum Gasteiger partial charge on any atom is 0.0446 e. The van der Waals surface area contributed by atoms with Crippen LogP contribution in [0.2, 0.25) is 0 Å². The summed E-state index contributed by atoms with van der Waals surface area (Å²) in [6.45, 7) is 0. The van der Waals surface area contributed by atoms with E-state index in [0.29, 0.717) is 0 Å². The van der Waals surface area contributed by atoms with Gasteiger partial charge in [0.05, 0.1) is 0 Å². The molecular formula is C48H30S. The van der Waals surface area contributed by atoms with E-state index in [9.17, 15) is 0 Å². The zero-order valence-corrected chi connectivity index (χ0v) is 27.5. The summed E-state index contributed by atoms with van der Waals surface area (Å²) in [7, 11) is 0. The highest BCUT2D eigenvalue weighted by molar-refractivity contribution is 7.26. The molecule has 10 rings (SSSR count). The Balaban J connectivity index is 1.32. The van der Waals surface area contributed by atoms with Gasteiger partial charge in [0, 0.05) is 25.7 Å². The molecule has 0 aliphatic carbocycles. The molecule has 0 spiro atoms. The topological polar surface area (TPSA) is 0 Å². The molecule has 10 aromatic rings. The van der Waals surface area contributed by atoms with Gasteiger partial charge in [0.25, 0.3) is 0 Å². The second-order valence-corrected chi connectivity index (χ2v) is 13.8. The van der Waals surface area contributed by atoms with E-state index in [1.807, 2.05) is 11.3 Å². The Morgan fingerprint density at radius 1 is 0.265 bits per heavy atom. The lowest BCUT2D eigenvalue weighted by atomic mass is 9.84. The first kappa shape index (κ1) is 28.0. The summed E-state index contributed by atoms with van der Waals surface area (Å²) in [6.07, 6.45) is 0. The quantitative estimate of drug-likeness (QED) is 0.168. The minimum atomic E-state index is 1.23. The number of hydrogen-bond acceptors (Lipinski definition) is 1. The average Bonchev–Trinajstić information content (AvgIpc) is 3.57. The monoisotopic (exact) mass is 638 g/mol. The number of benzene rings is 9. The summed E-state index contributed by atoms with van der Waals surface area (Å²) in [6, 6.07) is 66.8. The maximum absolute atomic E-state index is 2.43. The molecule has 0 bridgehead atoms. The van der Waals surface area contributed by atoms with Gasteiger partial charge in [-0.25, -0.2) is 0 Å². The fourth-order valence-electron chi connectivity index (χ4n) is 8.02. The molecule has 0 saturated carbocycles. The standard InChI is InChI=1S/C48H30S/c1-3-16-31(17-4-1)43-35-22-7-9-24-37(35)44(38-25-10-8-23-36(38)43)33-20-15-21-34(30-33)45-39-26-11-12-27-40(39)47-41-28-13-14-29-42(41)49-48(47)46(45)32-18-5-2-6-19-32/h1-30H. The Kier molecular flexibility index (Phi) is 6.47. The summed E-state index contributed by atoms with van der Waals surface area (Å²) >= 11 is 1.91. The van der Waals surface area contributed by atoms with Gasteiger partial charge in [0.1, 0.15) is 0 Å². The molecule has 0 atom stereocenters. The molecule has 228 valence electrons. The maximum atomic E-state index is 2.43. The van der Waals surface area contributed by atoms with Crippen LogP contribution in [0.3, 0.4) is 0 Å². The van der Waals surface area contributed by atoms with Gasteiger partial charge in [-0.3, -0.25) is 0 Å². The second-order valence-electron chi connectivity index (χ2n) is 12.8. The van der Waals surface area contributed by atoms with E-state index < -0.39 is 0 Å². The number of fused-ring (bicyclic) bond motifs is 7. The van der Waals surface area contributed by atoms with Crippen LogP contribution in [0.15, 0.2) is 182 Å². The van der Waals surface area contributed by atoms with E-state index in [2.05, 4.69) is 182 Å². The summed E-state index contributed by atoms with van der Waals surface area (Å²) in [5.74, 6) is 0. The summed E-state index contributed by atoms with van der Waals surface area (Å²) < 4.78 is 2.66. The van der Waals surface area contributed by atoms with E-state index in [-0.39, 0.29) is 0 Å². The molecule has 1 aromatic heterocycles. The zero-order chi connectivity index (χ0) is 32.3. The van der Waals surface area contributed by atoms with Crippen molar-refractivity contribution in [2.24, 2.45) is 0 Å². The molecule has 0 fully saturated rings. The normalized spacial score (nSPS) is 11.7. The molecule has 0 unspecified atom stereocenters. The predicted molar refractivity (Wildman–Crippen MR) is 214 cm³/mol. The van der Waals surface area contributed by atoms with Crippen molar-refractivity contribution in [1.82, 2.24) is 0 Å². The van der Waals surface area contributed by atoms with Gasteiger partial charge in [-0.05, 0) is 83.4 Å². The lowest BCUT2D eigenvalue weighted by Crippen LogP contribution is -1.92. The van der Waals surface area contributed by atoms with Crippen molar-refractivity contribution >= 4 is 63.8 Å². The van der Waals surface area contributed by atoms with Crippen molar-refractivity contribution in [3.05, 3.63) is 182 Å². The Hall–Kier alpha value is -6.02. The SMILES string of the molecule is c1ccc(-c2c3ccccc3c(-c3cccc(-c4c(-c5ccccc5)c5sc6ccccc6c5c5ccccc45)c3)c3ccccc23)cc1. The van der Waals surface area contributed by atoms with Gasteiger partial charge in [0.15, 0.2) is 0 Å². The molecule has 0 nitrogen and oxygen atoms in total. The van der Waals surface area contributed by atoms with E-state index in [0.717, 1.165) is 0 Å². The van der Waals surface area contributed by atoms with Gasteiger partial charge >= 0.3 is 0 Å². The van der Waals surface area contributed by atoms with Crippen molar-refractivity contribution < 1.29 is 0 Å². The van der Waals surface area contributed by atoms with Crippen LogP contribution < -0.4 is 0 Å². The van der Waals surface area contributed by atoms with Crippen molar-refractivity contribution in [3.63, 3.8) is 0 Å². The molecule has 49 heavy (non-hydrogen) atoms. The molecule has 0 aliphatic heterocycles. The minimum absolute atomic E-state index is 1.23. The molecule has 1 heteroatoms. The van der Waals surface area contributed by atoms with E-state index in [1.54, 1.807) is 0 Å². The molecular weight excluding hydrogens is 609 g/mol. The van der Waals surface area contributed by atoms with Gasteiger partial charge in [-0.15, -0.1) is 11.3 Å². The smallest absolute Gasteiger partial charge is 0.0446 e. The van der Waals surface area contributed by atoms with Crippen LogP contribution in [-0.4, -0.2) is 0 Å². The summed E-state index contributed by atoms with van der Waals surface area (Å²) in [4.78, 5) is 0. The van der Waals surface area contributed by atoms with Crippen molar-refractivity contribution in [2.75, 3.05) is 0 Å². The fraction of sp³-hybridized carbons (Fsp3) is 0. The van der Waals surface area contributed by atoms with Crippen LogP contribution in [0, 0.1) is 0 Å². The van der Waals surface area contributed by atoms with Crippen LogP contribution in [-0.2, 0) is 0 Å². The first-order chi connectivity index (χ1) is 24.3. The summed E-state index contributed by atoms with van der Waals surface area (Å²) in [5, 5.41) is 10.3. The Morgan fingerprint density at radius 2 is 0.653 bits per heavy atom. The molecule has 0 radical (unpaired) electrons. The first-order valence-corrected chi connectivity index (χ1v) is 17.7. The first-order valence-electron chi connectivity index (χ1n) is 16.9. The highest BCUT2D eigenvalue weighted by Gasteiger charge is 2.22. The molecule has 0 saturated heterocycles. The Labute approximate surface area is 289 Å². The zero-order valence-electron chi connectivity index (χ0n) is 26.7. The fourth-order valence-corrected chi connectivity index (χ4v) is 9.31. The highest BCUT2D eigenvalue weighted by atomic mass is 32.1. The molecule has 0 amide bonds. The third-order valence-electron chi connectivity index (χ3n) is 10.0. The van der Waals surface area contributed by atoms with Crippen molar-refractivity contribution in [2.45, 2.75) is 0 Å². The highest BCUT2D eigenvalue weighted by Crippen LogP contribution is 2.51. The number of rotatable bonds is 4. The largest absolute Gasteiger partial charge is 0.134 e. The molecule has 1 heterocycles. The van der Waals surface area contributed by atoms with Gasteiger partial charge in [-0.1, -0.05) is 170 Å². The second kappa shape index (κ2) is 11.3. The molecule has 0 N–H and O–H groups in total. The minimum Gasteiger partial charge on any atom is -0.134 e. The molecule has 0 aliphatic rings. The van der Waals surface area contributed by atoms with Crippen LogP contribution in [0.1, 0.15) is 0 Å². The Morgan fingerprint density at radius 3 is 1.22 bits per heavy atom. The number of hydrogen-bond donors (Lipinski definition) is 0. The van der Waals surface area contributed by atoms with Crippen molar-refractivity contribution in [1.29, 1.82) is 0 Å². The van der Waals surface area contributed by atoms with Crippen LogP contribution in [0.25, 0.3) is 97.0 Å². The van der Waals surface area contributed by atoms with Gasteiger partial charge in [-0.2, -0.15) is 0 Å². The van der Waals surface area contributed by atoms with E-state index in [4.69, 9.17) is 0 Å². The summed E-state index contributed by atoms with van der Waals surface area (Å²) in [5.41, 5.74) is 10.1. The van der Waals surface area contributed by atoms with Crippen LogP contribution in [0.5, 0.6) is 0 Å². The van der Waals surface area contributed by atoms with Crippen molar-refractivity contribution in [3.8, 4) is 44.5 Å². The lowest BCUT2D eigenvalue weighted by Gasteiger charge is -2.19. The lowest BCUT2D eigenvalue weighted by molar-refractivity contribution is 1.62. The number of thiophene rings is 1. The molecule has 9 aromatic carbocycles. The van der Waals surface area contributed by atoms with Crippen LogP contribution in [0.4, 0.5) is 0 Å². The van der Waals surface area contributed by atoms with E-state index >= 15 is 0 Å². The van der Waals surface area contributed by atoms with Gasteiger partial charge in [0.2, 0.25) is 0 Å². The Bertz CT molecular complexity index is 2800. The third kappa shape index (κ3) is 4.37. The van der Waals surface area contributed by atoms with Gasteiger partial charge < -0.3 is 0 Å². The van der Waals surface area contributed by atoms with Crippen LogP contribution >= 0.6 is 11.3 Å². The average molecular weight is 639 g/mol. The van der Waals surface area contributed by atoms with E-state index in [1.165, 1.54) is 97.0 Å².